The van der Waals surface area contributed by atoms with Crippen molar-refractivity contribution < 1.29 is 58.8 Å². The van der Waals surface area contributed by atoms with Crippen LogP contribution in [0, 0.1) is 5.92 Å². The summed E-state index contributed by atoms with van der Waals surface area (Å²) in [6.07, 6.45) is -3.73. The van der Waals surface area contributed by atoms with Gasteiger partial charge in [0.25, 0.3) is 0 Å². The van der Waals surface area contributed by atoms with Gasteiger partial charge in [-0.05, 0) is 50.5 Å². The molecule has 0 heterocycles. The summed E-state index contributed by atoms with van der Waals surface area (Å²) < 4.78 is 0. The van der Waals surface area contributed by atoms with E-state index in [1.807, 2.05) is 0 Å². The Morgan fingerprint density at radius 1 is 0.655 bits per heavy atom. The SMILES string of the molecule is CC(C)[C@H](NC(=O)[C@H](CCC(=O)O)NC(=O)[C@@H](NC(=O)[C@H](CCC(=O)O)NC(=O)[C@H](CCCN=C(N)N)NC(=O)[C@@H](N)Cc1ccccc1)[C@@H](C)O)C(=O)O. The molecule has 15 N–H and O–H groups in total. The van der Waals surface area contributed by atoms with Crippen LogP contribution in [0.5, 0.6) is 0 Å². The van der Waals surface area contributed by atoms with Crippen LogP contribution in [0.3, 0.4) is 0 Å². The lowest BCUT2D eigenvalue weighted by Gasteiger charge is -2.28. The smallest absolute Gasteiger partial charge is 0.326 e. The summed E-state index contributed by atoms with van der Waals surface area (Å²) >= 11 is 0. The van der Waals surface area contributed by atoms with Crippen LogP contribution in [0.1, 0.15) is 64.9 Å². The normalized spacial score (nSPS) is 14.7. The van der Waals surface area contributed by atoms with Crippen LogP contribution >= 0.6 is 0 Å². The Kier molecular flexibility index (Phi) is 20.4. The molecule has 55 heavy (non-hydrogen) atoms. The van der Waals surface area contributed by atoms with E-state index in [0.29, 0.717) is 0 Å². The monoisotopic (exact) mass is 779 g/mol. The Morgan fingerprint density at radius 3 is 1.56 bits per heavy atom. The van der Waals surface area contributed by atoms with E-state index in [4.69, 9.17) is 17.2 Å². The zero-order valence-electron chi connectivity index (χ0n) is 30.9. The Bertz CT molecular complexity index is 1520. The van der Waals surface area contributed by atoms with E-state index in [-0.39, 0.29) is 31.8 Å². The van der Waals surface area contributed by atoms with Crippen molar-refractivity contribution in [3.63, 3.8) is 0 Å². The maximum absolute atomic E-state index is 13.6. The number of nitrogens with zero attached hydrogens (tertiary/aromatic N) is 1. The average molecular weight is 780 g/mol. The number of hydrogen-bond acceptors (Lipinski definition) is 11. The first-order valence-corrected chi connectivity index (χ1v) is 17.4. The minimum Gasteiger partial charge on any atom is -0.481 e. The second kappa shape index (κ2) is 23.8. The first kappa shape index (κ1) is 47.2. The molecule has 0 bridgehead atoms. The third-order valence-corrected chi connectivity index (χ3v) is 8.07. The van der Waals surface area contributed by atoms with Crippen molar-refractivity contribution in [1.82, 2.24) is 26.6 Å². The molecule has 7 atom stereocenters. The number of carboxylic acid groups (broad SMARTS) is 3. The molecule has 0 saturated carbocycles. The van der Waals surface area contributed by atoms with Crippen LogP contribution in [0.25, 0.3) is 0 Å². The van der Waals surface area contributed by atoms with E-state index in [1.54, 1.807) is 30.3 Å². The van der Waals surface area contributed by atoms with Gasteiger partial charge in [-0.1, -0.05) is 44.2 Å². The zero-order chi connectivity index (χ0) is 41.8. The van der Waals surface area contributed by atoms with E-state index in [0.717, 1.165) is 12.5 Å². The first-order valence-electron chi connectivity index (χ1n) is 17.4. The van der Waals surface area contributed by atoms with Crippen molar-refractivity contribution in [1.29, 1.82) is 0 Å². The second-order valence-corrected chi connectivity index (χ2v) is 13.1. The van der Waals surface area contributed by atoms with Crippen molar-refractivity contribution in [2.75, 3.05) is 6.54 Å². The number of guanidine groups is 1. The summed E-state index contributed by atoms with van der Waals surface area (Å²) in [5, 5.41) is 50.0. The Labute approximate surface area is 317 Å². The number of nitrogens with two attached hydrogens (primary N) is 3. The van der Waals surface area contributed by atoms with Gasteiger partial charge in [-0.2, -0.15) is 0 Å². The molecular formula is C34H53N9O12. The van der Waals surface area contributed by atoms with Gasteiger partial charge in [-0.3, -0.25) is 38.6 Å². The van der Waals surface area contributed by atoms with Crippen molar-refractivity contribution >= 4 is 53.4 Å². The van der Waals surface area contributed by atoms with Gasteiger partial charge >= 0.3 is 17.9 Å². The number of aliphatic carboxylic acids is 3. The van der Waals surface area contributed by atoms with Gasteiger partial charge in [-0.25, -0.2) is 4.79 Å². The molecule has 0 aromatic heterocycles. The van der Waals surface area contributed by atoms with Gasteiger partial charge in [0.05, 0.1) is 12.1 Å². The van der Waals surface area contributed by atoms with Crippen LogP contribution < -0.4 is 43.8 Å². The number of aliphatic hydroxyl groups is 1. The summed E-state index contributed by atoms with van der Waals surface area (Å²) in [6, 6.07) is -0.129. The largest absolute Gasteiger partial charge is 0.481 e. The van der Waals surface area contributed by atoms with Crippen molar-refractivity contribution in [3.05, 3.63) is 35.9 Å². The molecule has 0 spiro atoms. The number of carbonyl (C=O) groups excluding carboxylic acids is 5. The highest BCUT2D eigenvalue weighted by Crippen LogP contribution is 2.09. The number of rotatable bonds is 25. The standard InChI is InChI=1S/C34H53N9O12/c1-17(2)26(33(54)55)42-30(51)23(12-14-25(47)48)41-32(53)27(18(3)44)43-31(52)22(11-13-24(45)46)40-29(50)21(10-7-15-38-34(36)37)39-28(49)20(35)16-19-8-5-4-6-9-19/h4-6,8-9,17-18,20-23,26-27,44H,7,10-16,35H2,1-3H3,(H,39,49)(H,40,50)(H,41,53)(H,42,51)(H,43,52)(H,45,46)(H,47,48)(H,54,55)(H4,36,37,38)/t18-,20+,21+,22+,23+,26+,27+/m1/s1. The number of amides is 5. The van der Waals surface area contributed by atoms with Crippen LogP contribution in [0.15, 0.2) is 35.3 Å². The fourth-order valence-electron chi connectivity index (χ4n) is 5.05. The molecule has 0 aliphatic carbocycles. The molecule has 5 amide bonds. The summed E-state index contributed by atoms with van der Waals surface area (Å²) in [5.74, 6) is -9.92. The Balaban J connectivity index is 3.29. The lowest BCUT2D eigenvalue weighted by atomic mass is 10.0. The first-order chi connectivity index (χ1) is 25.7. The molecule has 0 aliphatic heterocycles. The molecule has 0 radical (unpaired) electrons. The lowest BCUT2D eigenvalue weighted by molar-refractivity contribution is -0.144. The second-order valence-electron chi connectivity index (χ2n) is 13.1. The fraction of sp³-hybridized carbons (Fsp3) is 0.559. The highest BCUT2D eigenvalue weighted by atomic mass is 16.4. The molecule has 306 valence electrons. The fourth-order valence-corrected chi connectivity index (χ4v) is 5.05. The molecule has 1 aromatic carbocycles. The molecular weight excluding hydrogens is 726 g/mol. The van der Waals surface area contributed by atoms with Crippen molar-refractivity contribution in [3.8, 4) is 0 Å². The molecule has 0 saturated heterocycles. The third kappa shape index (κ3) is 18.2. The van der Waals surface area contributed by atoms with Crippen LogP contribution in [-0.2, 0) is 44.8 Å². The Morgan fingerprint density at radius 2 is 1.11 bits per heavy atom. The van der Waals surface area contributed by atoms with Gasteiger partial charge in [0, 0.05) is 19.4 Å². The number of aliphatic imine (C=N–C) groups is 1. The summed E-state index contributed by atoms with van der Waals surface area (Å²) in [7, 11) is 0. The van der Waals surface area contributed by atoms with E-state index in [2.05, 4.69) is 31.6 Å². The number of carbonyl (C=O) groups is 8. The third-order valence-electron chi connectivity index (χ3n) is 8.07. The van der Waals surface area contributed by atoms with E-state index >= 15 is 0 Å². The number of carboxylic acids is 3. The van der Waals surface area contributed by atoms with Gasteiger partial charge < -0.3 is 64.2 Å². The van der Waals surface area contributed by atoms with Gasteiger partial charge in [0.2, 0.25) is 29.5 Å². The number of hydrogen-bond donors (Lipinski definition) is 12. The maximum Gasteiger partial charge on any atom is 0.326 e. The predicted octanol–water partition coefficient (Wildman–Crippen LogP) is -3.12. The molecule has 0 fully saturated rings. The van der Waals surface area contributed by atoms with Gasteiger partial charge in [0.15, 0.2) is 5.96 Å². The minimum atomic E-state index is -1.84. The minimum absolute atomic E-state index is 0.0578. The lowest BCUT2D eigenvalue weighted by Crippen LogP contribution is -2.61. The highest BCUT2D eigenvalue weighted by Gasteiger charge is 2.35. The molecule has 0 unspecified atom stereocenters. The summed E-state index contributed by atoms with van der Waals surface area (Å²) in [4.78, 5) is 105. The molecule has 21 nitrogen and oxygen atoms in total. The average Bonchev–Trinajstić information content (AvgIpc) is 3.09. The highest BCUT2D eigenvalue weighted by molar-refractivity contribution is 5.96. The molecule has 21 heteroatoms. The number of aliphatic hydroxyl groups excluding tert-OH is 1. The van der Waals surface area contributed by atoms with Crippen molar-refractivity contribution in [2.24, 2.45) is 28.1 Å². The van der Waals surface area contributed by atoms with Crippen molar-refractivity contribution in [2.45, 2.75) is 108 Å². The predicted molar refractivity (Wildman–Crippen MR) is 196 cm³/mol. The summed E-state index contributed by atoms with van der Waals surface area (Å²) in [6.45, 7) is 4.17. The molecule has 1 aromatic rings. The van der Waals surface area contributed by atoms with Crippen LogP contribution in [0.2, 0.25) is 0 Å². The number of benzene rings is 1. The quantitative estimate of drug-likeness (QED) is 0.0265. The summed E-state index contributed by atoms with van der Waals surface area (Å²) in [5.41, 5.74) is 17.6. The van der Waals surface area contributed by atoms with Crippen LogP contribution in [0.4, 0.5) is 0 Å². The molecule has 1 rings (SSSR count). The maximum atomic E-state index is 13.6. The van der Waals surface area contributed by atoms with Gasteiger partial charge in [0.1, 0.15) is 30.2 Å². The van der Waals surface area contributed by atoms with Crippen LogP contribution in [-0.4, -0.2) is 123 Å². The van der Waals surface area contributed by atoms with Gasteiger partial charge in [-0.15, -0.1) is 0 Å². The van der Waals surface area contributed by atoms with E-state index in [9.17, 15) is 58.8 Å². The van der Waals surface area contributed by atoms with E-state index < -0.39 is 121 Å². The Hall–Kier alpha value is -5.83. The molecule has 0 aliphatic rings. The van der Waals surface area contributed by atoms with E-state index in [1.165, 1.54) is 13.8 Å². The number of nitrogens with one attached hydrogen (secondary N) is 5. The zero-order valence-corrected chi connectivity index (χ0v) is 30.9. The topological polar surface area (TPSA) is 368 Å².